The standard InChI is InChI=1S/C26H33N3O3/c30-26(29-15-17-31-18-16-29)21-5-8-23(9-6-21)28-13-11-22(12-14-28)27-19-24-10-7-20-3-1-2-4-25(20)32-24/h1-6,8-9,22,24,27H,7,10-19H2/t24-/m1/s1. The monoisotopic (exact) mass is 435 g/mol. The molecule has 2 aromatic rings. The van der Waals surface area contributed by atoms with Crippen LogP contribution >= 0.6 is 0 Å². The van der Waals surface area contributed by atoms with E-state index in [-0.39, 0.29) is 12.0 Å². The summed E-state index contributed by atoms with van der Waals surface area (Å²) in [5.74, 6) is 1.16. The van der Waals surface area contributed by atoms with Crippen molar-refractivity contribution in [2.75, 3.05) is 50.8 Å². The molecule has 3 heterocycles. The van der Waals surface area contributed by atoms with E-state index in [2.05, 4.69) is 46.6 Å². The summed E-state index contributed by atoms with van der Waals surface area (Å²) in [6.45, 7) is 5.60. The van der Waals surface area contributed by atoms with Gasteiger partial charge < -0.3 is 24.6 Å². The maximum atomic E-state index is 12.6. The highest BCUT2D eigenvalue weighted by Gasteiger charge is 2.24. The molecular formula is C26H33N3O3. The maximum absolute atomic E-state index is 12.6. The molecule has 0 bridgehead atoms. The van der Waals surface area contributed by atoms with Crippen molar-refractivity contribution in [1.29, 1.82) is 0 Å². The van der Waals surface area contributed by atoms with Crippen LogP contribution in [0.2, 0.25) is 0 Å². The lowest BCUT2D eigenvalue weighted by Crippen LogP contribution is -2.46. The third kappa shape index (κ3) is 4.92. The molecule has 6 heteroatoms. The average Bonchev–Trinajstić information content (AvgIpc) is 2.88. The zero-order valence-electron chi connectivity index (χ0n) is 18.7. The smallest absolute Gasteiger partial charge is 0.254 e. The number of piperidine rings is 1. The van der Waals surface area contributed by atoms with Gasteiger partial charge in [0.15, 0.2) is 0 Å². The molecule has 2 fully saturated rings. The molecule has 170 valence electrons. The average molecular weight is 436 g/mol. The Morgan fingerprint density at radius 3 is 2.47 bits per heavy atom. The van der Waals surface area contributed by atoms with Crippen LogP contribution in [0.15, 0.2) is 48.5 Å². The summed E-state index contributed by atoms with van der Waals surface area (Å²) in [6.07, 6.45) is 4.69. The number of rotatable bonds is 5. The topological polar surface area (TPSA) is 54.0 Å². The Bertz CT molecular complexity index is 903. The first-order valence-corrected chi connectivity index (χ1v) is 12.0. The molecule has 1 atom stereocenters. The van der Waals surface area contributed by atoms with Crippen molar-refractivity contribution < 1.29 is 14.3 Å². The van der Waals surface area contributed by atoms with Crippen LogP contribution in [0.4, 0.5) is 5.69 Å². The molecule has 3 aliphatic rings. The fraction of sp³-hybridized carbons (Fsp3) is 0.500. The number of fused-ring (bicyclic) bond motifs is 1. The van der Waals surface area contributed by atoms with Gasteiger partial charge >= 0.3 is 0 Å². The van der Waals surface area contributed by atoms with Crippen LogP contribution in [-0.4, -0.2) is 68.9 Å². The number of carbonyl (C=O) groups excluding carboxylic acids is 1. The fourth-order valence-corrected chi connectivity index (χ4v) is 4.93. The van der Waals surface area contributed by atoms with Gasteiger partial charge in [0.05, 0.1) is 13.2 Å². The minimum Gasteiger partial charge on any atom is -0.489 e. The maximum Gasteiger partial charge on any atom is 0.254 e. The minimum absolute atomic E-state index is 0.107. The van der Waals surface area contributed by atoms with Gasteiger partial charge in [-0.1, -0.05) is 18.2 Å². The predicted molar refractivity (Wildman–Crippen MR) is 126 cm³/mol. The Morgan fingerprint density at radius 2 is 1.69 bits per heavy atom. The molecule has 0 radical (unpaired) electrons. The van der Waals surface area contributed by atoms with E-state index in [9.17, 15) is 4.79 Å². The van der Waals surface area contributed by atoms with Gasteiger partial charge in [0.1, 0.15) is 11.9 Å². The molecule has 6 nitrogen and oxygen atoms in total. The first-order valence-electron chi connectivity index (χ1n) is 12.0. The lowest BCUT2D eigenvalue weighted by Gasteiger charge is -2.35. The molecule has 3 aliphatic heterocycles. The van der Waals surface area contributed by atoms with Gasteiger partial charge in [-0.05, 0) is 61.6 Å². The van der Waals surface area contributed by atoms with E-state index in [0.717, 1.165) is 56.6 Å². The van der Waals surface area contributed by atoms with Gasteiger partial charge in [-0.2, -0.15) is 0 Å². The number of hydrogen-bond donors (Lipinski definition) is 1. The molecule has 0 aliphatic carbocycles. The number of benzene rings is 2. The van der Waals surface area contributed by atoms with Crippen LogP contribution in [0.25, 0.3) is 0 Å². The van der Waals surface area contributed by atoms with Crippen LogP contribution in [0, 0.1) is 0 Å². The quantitative estimate of drug-likeness (QED) is 0.782. The molecule has 1 amide bonds. The Kier molecular flexibility index (Phi) is 6.60. The number of aryl methyl sites for hydroxylation is 1. The van der Waals surface area contributed by atoms with Gasteiger partial charge in [0.25, 0.3) is 5.91 Å². The Hall–Kier alpha value is -2.57. The van der Waals surface area contributed by atoms with E-state index < -0.39 is 0 Å². The second kappa shape index (κ2) is 9.92. The molecule has 0 aromatic heterocycles. The Balaban J connectivity index is 1.08. The molecule has 32 heavy (non-hydrogen) atoms. The Morgan fingerprint density at radius 1 is 0.938 bits per heavy atom. The highest BCUT2D eigenvalue weighted by Crippen LogP contribution is 2.27. The number of morpholine rings is 1. The summed E-state index contributed by atoms with van der Waals surface area (Å²) in [4.78, 5) is 16.9. The van der Waals surface area contributed by atoms with E-state index in [1.165, 1.54) is 11.3 Å². The molecule has 0 spiro atoms. The normalized spacial score (nSPS) is 21.7. The van der Waals surface area contributed by atoms with Crippen LogP contribution in [0.3, 0.4) is 0 Å². The first kappa shape index (κ1) is 21.3. The summed E-state index contributed by atoms with van der Waals surface area (Å²) in [6, 6.07) is 17.0. The van der Waals surface area contributed by atoms with E-state index in [0.29, 0.717) is 32.3 Å². The predicted octanol–water partition coefficient (Wildman–Crippen LogP) is 3.11. The fourth-order valence-electron chi connectivity index (χ4n) is 4.93. The molecule has 5 rings (SSSR count). The van der Waals surface area contributed by atoms with Crippen LogP contribution < -0.4 is 15.0 Å². The zero-order chi connectivity index (χ0) is 21.8. The van der Waals surface area contributed by atoms with E-state index >= 15 is 0 Å². The number of para-hydroxylation sites is 1. The van der Waals surface area contributed by atoms with Gasteiger partial charge in [-0.15, -0.1) is 0 Å². The second-order valence-corrected chi connectivity index (χ2v) is 9.01. The molecule has 1 N–H and O–H groups in total. The van der Waals surface area contributed by atoms with Crippen molar-refractivity contribution in [3.8, 4) is 5.75 Å². The van der Waals surface area contributed by atoms with Crippen molar-refractivity contribution >= 4 is 11.6 Å². The van der Waals surface area contributed by atoms with Gasteiger partial charge in [0, 0.05) is 50.0 Å². The summed E-state index contributed by atoms with van der Waals surface area (Å²) in [7, 11) is 0. The molecule has 2 aromatic carbocycles. The van der Waals surface area contributed by atoms with E-state index in [1.54, 1.807) is 0 Å². The van der Waals surface area contributed by atoms with Crippen molar-refractivity contribution in [2.45, 2.75) is 37.8 Å². The van der Waals surface area contributed by atoms with Crippen molar-refractivity contribution in [2.24, 2.45) is 0 Å². The van der Waals surface area contributed by atoms with Gasteiger partial charge in [-0.3, -0.25) is 4.79 Å². The summed E-state index contributed by atoms with van der Waals surface area (Å²) in [5, 5.41) is 3.74. The third-order valence-corrected chi connectivity index (χ3v) is 6.91. The highest BCUT2D eigenvalue weighted by molar-refractivity contribution is 5.94. The number of nitrogens with zero attached hydrogens (tertiary/aromatic N) is 2. The van der Waals surface area contributed by atoms with Crippen molar-refractivity contribution in [1.82, 2.24) is 10.2 Å². The van der Waals surface area contributed by atoms with Gasteiger partial charge in [0.2, 0.25) is 0 Å². The molecule has 0 unspecified atom stereocenters. The van der Waals surface area contributed by atoms with E-state index in [4.69, 9.17) is 9.47 Å². The van der Waals surface area contributed by atoms with Crippen LogP contribution in [0.5, 0.6) is 5.75 Å². The number of anilines is 1. The number of hydrogen-bond acceptors (Lipinski definition) is 5. The first-order chi connectivity index (χ1) is 15.8. The second-order valence-electron chi connectivity index (χ2n) is 9.01. The zero-order valence-corrected chi connectivity index (χ0v) is 18.7. The lowest BCUT2D eigenvalue weighted by molar-refractivity contribution is 0.0303. The highest BCUT2D eigenvalue weighted by atomic mass is 16.5. The lowest BCUT2D eigenvalue weighted by atomic mass is 10.0. The van der Waals surface area contributed by atoms with E-state index in [1.807, 2.05) is 17.0 Å². The van der Waals surface area contributed by atoms with Crippen LogP contribution in [0.1, 0.15) is 35.2 Å². The summed E-state index contributed by atoms with van der Waals surface area (Å²) in [5.41, 5.74) is 3.30. The van der Waals surface area contributed by atoms with Gasteiger partial charge in [-0.25, -0.2) is 0 Å². The Labute approximate surface area is 190 Å². The SMILES string of the molecule is O=C(c1ccc(N2CCC(NC[C@H]3CCc4ccccc4O3)CC2)cc1)N1CCOCC1. The minimum atomic E-state index is 0.107. The molecule has 2 saturated heterocycles. The summed E-state index contributed by atoms with van der Waals surface area (Å²) >= 11 is 0. The number of carbonyl (C=O) groups is 1. The van der Waals surface area contributed by atoms with Crippen molar-refractivity contribution in [3.05, 3.63) is 59.7 Å². The van der Waals surface area contributed by atoms with Crippen molar-refractivity contribution in [3.63, 3.8) is 0 Å². The van der Waals surface area contributed by atoms with Crippen LogP contribution in [-0.2, 0) is 11.2 Å². The molecule has 0 saturated carbocycles. The number of nitrogens with one attached hydrogen (secondary N) is 1. The largest absolute Gasteiger partial charge is 0.489 e. The number of amides is 1. The molecular weight excluding hydrogens is 402 g/mol. The number of ether oxygens (including phenoxy) is 2. The summed E-state index contributed by atoms with van der Waals surface area (Å²) < 4.78 is 11.5. The third-order valence-electron chi connectivity index (χ3n) is 6.91.